The second kappa shape index (κ2) is 6.48. The zero-order chi connectivity index (χ0) is 13.5. The van der Waals surface area contributed by atoms with E-state index in [0.29, 0.717) is 23.2 Å². The van der Waals surface area contributed by atoms with E-state index in [-0.39, 0.29) is 18.1 Å². The Labute approximate surface area is 106 Å². The van der Waals surface area contributed by atoms with Crippen LogP contribution in [0.15, 0.2) is 24.3 Å². The van der Waals surface area contributed by atoms with E-state index >= 15 is 0 Å². The number of carbonyl (C=O) groups is 1. The second-order valence-electron chi connectivity index (χ2n) is 3.57. The number of rotatable bonds is 4. The Morgan fingerprint density at radius 1 is 1.56 bits per heavy atom. The van der Waals surface area contributed by atoms with Gasteiger partial charge in [-0.3, -0.25) is 4.79 Å². The molecule has 0 aliphatic carbocycles. The number of aldehydes is 1. The second-order valence-corrected chi connectivity index (χ2v) is 3.57. The molecule has 18 heavy (non-hydrogen) atoms. The molecule has 0 amide bonds. The van der Waals surface area contributed by atoms with Crippen LogP contribution in [0.5, 0.6) is 11.5 Å². The first-order chi connectivity index (χ1) is 8.60. The van der Waals surface area contributed by atoms with E-state index in [2.05, 4.69) is 18.4 Å². The first-order valence-corrected chi connectivity index (χ1v) is 5.20. The lowest BCUT2D eigenvalue weighted by atomic mass is 10.1. The van der Waals surface area contributed by atoms with Gasteiger partial charge in [-0.1, -0.05) is 18.4 Å². The molecule has 1 aromatic carbocycles. The Hall–Kier alpha value is -2.25. The largest absolute Gasteiger partial charge is 0.507 e. The van der Waals surface area contributed by atoms with E-state index in [4.69, 9.17) is 9.47 Å². The molecule has 0 saturated carbocycles. The number of ether oxygens (including phenoxy) is 2. The maximum atomic E-state index is 11.0. The van der Waals surface area contributed by atoms with Crippen molar-refractivity contribution in [2.24, 2.45) is 0 Å². The van der Waals surface area contributed by atoms with Crippen molar-refractivity contribution in [1.29, 1.82) is 0 Å². The van der Waals surface area contributed by atoms with Crippen LogP contribution < -0.4 is 4.74 Å². The lowest BCUT2D eigenvalue weighted by Crippen LogP contribution is -2.02. The molecule has 4 heteroatoms. The van der Waals surface area contributed by atoms with Crippen molar-refractivity contribution >= 4 is 6.29 Å². The minimum Gasteiger partial charge on any atom is -0.507 e. The van der Waals surface area contributed by atoms with Gasteiger partial charge in [0.15, 0.2) is 13.1 Å². The van der Waals surface area contributed by atoms with Crippen LogP contribution in [0.3, 0.4) is 0 Å². The van der Waals surface area contributed by atoms with Crippen LogP contribution in [-0.2, 0) is 4.74 Å². The van der Waals surface area contributed by atoms with Crippen molar-refractivity contribution in [2.45, 2.75) is 6.92 Å². The van der Waals surface area contributed by atoms with Gasteiger partial charge in [-0.25, -0.2) is 0 Å². The maximum Gasteiger partial charge on any atom is 0.188 e. The minimum absolute atomic E-state index is 0.0326. The predicted octanol–water partition coefficient (Wildman–Crippen LogP) is 2.12. The van der Waals surface area contributed by atoms with Crippen LogP contribution in [0.25, 0.3) is 0 Å². The number of carbonyl (C=O) groups excluding carboxylic acids is 1. The van der Waals surface area contributed by atoms with Gasteiger partial charge in [0.05, 0.1) is 11.1 Å². The number of benzene rings is 1. The van der Waals surface area contributed by atoms with Gasteiger partial charge in [0, 0.05) is 7.11 Å². The highest BCUT2D eigenvalue weighted by Crippen LogP contribution is 2.28. The van der Waals surface area contributed by atoms with Crippen LogP contribution in [0.1, 0.15) is 22.8 Å². The molecule has 0 atom stereocenters. The van der Waals surface area contributed by atoms with Gasteiger partial charge in [0.2, 0.25) is 0 Å². The summed E-state index contributed by atoms with van der Waals surface area (Å²) in [5.74, 6) is 5.75. The van der Waals surface area contributed by atoms with E-state index in [1.54, 1.807) is 6.92 Å². The smallest absolute Gasteiger partial charge is 0.188 e. The molecule has 0 fully saturated rings. The van der Waals surface area contributed by atoms with Gasteiger partial charge in [-0.15, -0.1) is 0 Å². The molecule has 0 aliphatic heterocycles. The fourth-order valence-electron chi connectivity index (χ4n) is 1.25. The molecule has 0 bridgehead atoms. The third kappa shape index (κ3) is 3.37. The molecule has 4 nitrogen and oxygen atoms in total. The lowest BCUT2D eigenvalue weighted by Gasteiger charge is -2.09. The molecule has 0 aromatic heterocycles. The average molecular weight is 246 g/mol. The number of hydrogen-bond acceptors (Lipinski definition) is 4. The van der Waals surface area contributed by atoms with E-state index in [1.807, 2.05) is 0 Å². The number of methoxy groups -OCH3 is 1. The lowest BCUT2D eigenvalue weighted by molar-refractivity contribution is 0.0508. The topological polar surface area (TPSA) is 55.8 Å². The Kier molecular flexibility index (Phi) is 4.97. The fraction of sp³-hybridized carbons (Fsp3) is 0.214. The summed E-state index contributed by atoms with van der Waals surface area (Å²) in [5.41, 5.74) is 1.07. The molecule has 0 saturated heterocycles. The quantitative estimate of drug-likeness (QED) is 0.502. The normalized spacial score (nSPS) is 9.22. The average Bonchev–Trinajstić information content (AvgIpc) is 2.34. The predicted molar refractivity (Wildman–Crippen MR) is 67.7 cm³/mol. The molecule has 0 unspecified atom stereocenters. The highest BCUT2D eigenvalue weighted by molar-refractivity contribution is 5.85. The Morgan fingerprint density at radius 2 is 2.28 bits per heavy atom. The zero-order valence-electron chi connectivity index (χ0n) is 10.3. The minimum atomic E-state index is -0.138. The molecule has 0 spiro atoms. The summed E-state index contributed by atoms with van der Waals surface area (Å²) >= 11 is 0. The van der Waals surface area contributed by atoms with Crippen molar-refractivity contribution < 1.29 is 19.4 Å². The summed E-state index contributed by atoms with van der Waals surface area (Å²) < 4.78 is 10.1. The molecule has 1 aromatic rings. The molecular formula is C14H14O4. The molecule has 0 heterocycles. The molecule has 0 aliphatic rings. The van der Waals surface area contributed by atoms with Crippen LogP contribution >= 0.6 is 0 Å². The number of aromatic hydroxyl groups is 1. The van der Waals surface area contributed by atoms with E-state index in [1.165, 1.54) is 19.2 Å². The van der Waals surface area contributed by atoms with Gasteiger partial charge in [-0.05, 0) is 24.6 Å². The number of phenols is 1. The van der Waals surface area contributed by atoms with Crippen LogP contribution in [0, 0.1) is 11.8 Å². The fourth-order valence-corrected chi connectivity index (χ4v) is 1.25. The standard InChI is InChI=1S/C14H14O4/c1-10(2)4-5-11-12(8-15)13(16)6-7-14(11)18-9-17-3/h6-8,16H,1,9H2,2-3H3. The van der Waals surface area contributed by atoms with Gasteiger partial charge in [0.1, 0.15) is 11.5 Å². The summed E-state index contributed by atoms with van der Waals surface area (Å²) in [4.78, 5) is 11.0. The molecular weight excluding hydrogens is 232 g/mol. The van der Waals surface area contributed by atoms with E-state index < -0.39 is 0 Å². The SMILES string of the molecule is C=C(C)C#Cc1c(OCOC)ccc(O)c1C=O. The molecule has 1 N–H and O–H groups in total. The third-order valence-electron chi connectivity index (χ3n) is 2.04. The van der Waals surface area contributed by atoms with Crippen LogP contribution in [0.2, 0.25) is 0 Å². The summed E-state index contributed by atoms with van der Waals surface area (Å²) in [7, 11) is 1.49. The Balaban J connectivity index is 3.30. The van der Waals surface area contributed by atoms with Crippen molar-refractivity contribution in [3.8, 4) is 23.3 Å². The first-order valence-electron chi connectivity index (χ1n) is 5.20. The highest BCUT2D eigenvalue weighted by Gasteiger charge is 2.12. The van der Waals surface area contributed by atoms with Crippen LogP contribution in [0.4, 0.5) is 0 Å². The van der Waals surface area contributed by atoms with Crippen LogP contribution in [-0.4, -0.2) is 25.3 Å². The van der Waals surface area contributed by atoms with Gasteiger partial charge in [0.25, 0.3) is 0 Å². The monoisotopic (exact) mass is 246 g/mol. The number of hydrogen-bond donors (Lipinski definition) is 1. The molecule has 1 rings (SSSR count). The first kappa shape index (κ1) is 13.8. The summed E-state index contributed by atoms with van der Waals surface area (Å²) in [5, 5.41) is 9.60. The van der Waals surface area contributed by atoms with Crippen molar-refractivity contribution in [3.05, 3.63) is 35.4 Å². The third-order valence-corrected chi connectivity index (χ3v) is 2.04. The van der Waals surface area contributed by atoms with Crippen molar-refractivity contribution in [1.82, 2.24) is 0 Å². The highest BCUT2D eigenvalue weighted by atomic mass is 16.7. The number of phenolic OH excluding ortho intramolecular Hbond substituents is 1. The maximum absolute atomic E-state index is 11.0. The molecule has 0 radical (unpaired) electrons. The Morgan fingerprint density at radius 3 is 2.83 bits per heavy atom. The van der Waals surface area contributed by atoms with Crippen molar-refractivity contribution in [3.63, 3.8) is 0 Å². The van der Waals surface area contributed by atoms with Gasteiger partial charge < -0.3 is 14.6 Å². The summed E-state index contributed by atoms with van der Waals surface area (Å²) in [6, 6.07) is 2.91. The van der Waals surface area contributed by atoms with E-state index in [9.17, 15) is 9.90 Å². The molecule has 94 valence electrons. The van der Waals surface area contributed by atoms with E-state index in [0.717, 1.165) is 0 Å². The van der Waals surface area contributed by atoms with Crippen molar-refractivity contribution in [2.75, 3.05) is 13.9 Å². The van der Waals surface area contributed by atoms with Gasteiger partial charge >= 0.3 is 0 Å². The zero-order valence-corrected chi connectivity index (χ0v) is 10.3. The number of allylic oxidation sites excluding steroid dienone is 1. The summed E-state index contributed by atoms with van der Waals surface area (Å²) in [6.45, 7) is 5.42. The summed E-state index contributed by atoms with van der Waals surface area (Å²) in [6.07, 6.45) is 0.539. The Bertz CT molecular complexity index is 521. The van der Waals surface area contributed by atoms with Gasteiger partial charge in [-0.2, -0.15) is 0 Å².